The fraction of sp³-hybridized carbons (Fsp3) is 0.636. The van der Waals surface area contributed by atoms with Crippen LogP contribution in [0.5, 0.6) is 0 Å². The largest absolute Gasteiger partial charge is 0.329 e. The van der Waals surface area contributed by atoms with E-state index in [1.807, 2.05) is 21.9 Å². The summed E-state index contributed by atoms with van der Waals surface area (Å²) in [7, 11) is 0. The quantitative estimate of drug-likeness (QED) is 0.772. The van der Waals surface area contributed by atoms with Gasteiger partial charge in [-0.2, -0.15) is 0 Å². The normalized spacial score (nSPS) is 28.4. The molecule has 0 N–H and O–H groups in total. The van der Waals surface area contributed by atoms with Gasteiger partial charge in [-0.25, -0.2) is 0 Å². The van der Waals surface area contributed by atoms with Crippen LogP contribution in [0.4, 0.5) is 5.69 Å². The lowest BCUT2D eigenvalue weighted by Crippen LogP contribution is -2.66. The van der Waals surface area contributed by atoms with E-state index in [9.17, 15) is 9.59 Å². The molecule has 1 unspecified atom stereocenters. The second-order valence-corrected chi connectivity index (χ2v) is 8.66. The highest BCUT2D eigenvalue weighted by molar-refractivity contribution is 6.10. The molecule has 1 aromatic carbocycles. The summed E-state index contributed by atoms with van der Waals surface area (Å²) >= 11 is 0. The van der Waals surface area contributed by atoms with Crippen molar-refractivity contribution >= 4 is 17.5 Å². The van der Waals surface area contributed by atoms with E-state index in [0.717, 1.165) is 44.2 Å². The minimum Gasteiger partial charge on any atom is -0.329 e. The number of nitrogens with zero attached hydrogens (tertiary/aromatic N) is 2. The molecule has 4 nitrogen and oxygen atoms in total. The number of para-hydroxylation sites is 1. The molecule has 2 amide bonds. The predicted molar refractivity (Wildman–Crippen MR) is 101 cm³/mol. The van der Waals surface area contributed by atoms with Crippen LogP contribution in [0.15, 0.2) is 24.3 Å². The van der Waals surface area contributed by atoms with Crippen LogP contribution in [0, 0.1) is 0 Å². The first-order chi connectivity index (χ1) is 12.7. The average molecular weight is 352 g/mol. The molecule has 4 heteroatoms. The highest BCUT2D eigenvalue weighted by Gasteiger charge is 2.59. The maximum Gasteiger partial charge on any atom is 0.247 e. The summed E-state index contributed by atoms with van der Waals surface area (Å²) in [5, 5.41) is 0. The van der Waals surface area contributed by atoms with Crippen LogP contribution in [0.25, 0.3) is 0 Å². The molecule has 2 saturated carbocycles. The van der Waals surface area contributed by atoms with Gasteiger partial charge in [0.25, 0.3) is 0 Å². The molecule has 3 fully saturated rings. The van der Waals surface area contributed by atoms with Crippen LogP contribution in [0.1, 0.15) is 69.8 Å². The topological polar surface area (TPSA) is 40.6 Å². The molecule has 1 spiro atoms. The van der Waals surface area contributed by atoms with Gasteiger partial charge in [0.05, 0.1) is 0 Å². The van der Waals surface area contributed by atoms with Gasteiger partial charge in [0.2, 0.25) is 11.8 Å². The monoisotopic (exact) mass is 352 g/mol. The molecule has 4 aliphatic rings. The third-order valence-electron chi connectivity index (χ3n) is 7.33. The number of amides is 2. The molecule has 0 aromatic heterocycles. The Morgan fingerprint density at radius 1 is 0.885 bits per heavy atom. The molecule has 138 valence electrons. The van der Waals surface area contributed by atoms with Crippen LogP contribution in [-0.4, -0.2) is 35.3 Å². The smallest absolute Gasteiger partial charge is 0.247 e. The zero-order valence-electron chi connectivity index (χ0n) is 15.5. The van der Waals surface area contributed by atoms with E-state index in [4.69, 9.17) is 0 Å². The van der Waals surface area contributed by atoms with E-state index in [0.29, 0.717) is 0 Å². The Morgan fingerprint density at radius 2 is 1.58 bits per heavy atom. The number of fused-ring (bicyclic) bond motifs is 5. The van der Waals surface area contributed by atoms with Crippen LogP contribution in [0.3, 0.4) is 0 Å². The number of hydrogen-bond donors (Lipinski definition) is 0. The molecule has 1 aromatic rings. The lowest BCUT2D eigenvalue weighted by atomic mass is 9.66. The number of piperazine rings is 1. The van der Waals surface area contributed by atoms with E-state index < -0.39 is 0 Å². The number of hydrogen-bond acceptors (Lipinski definition) is 2. The first kappa shape index (κ1) is 16.3. The van der Waals surface area contributed by atoms with Crippen molar-refractivity contribution in [3.8, 4) is 0 Å². The fourth-order valence-electron chi connectivity index (χ4n) is 6.15. The third-order valence-corrected chi connectivity index (χ3v) is 7.33. The van der Waals surface area contributed by atoms with E-state index in [2.05, 4.69) is 12.1 Å². The van der Waals surface area contributed by atoms with Gasteiger partial charge >= 0.3 is 0 Å². The molecule has 2 aliphatic carbocycles. The highest BCUT2D eigenvalue weighted by Crippen LogP contribution is 2.54. The number of rotatable bonds is 1. The molecule has 5 rings (SSSR count). The van der Waals surface area contributed by atoms with Crippen molar-refractivity contribution in [1.29, 1.82) is 0 Å². The maximum absolute atomic E-state index is 13.7. The molecule has 2 heterocycles. The molecule has 0 radical (unpaired) electrons. The van der Waals surface area contributed by atoms with E-state index in [1.165, 1.54) is 31.2 Å². The van der Waals surface area contributed by atoms with Crippen LogP contribution < -0.4 is 4.90 Å². The van der Waals surface area contributed by atoms with Gasteiger partial charge in [-0.15, -0.1) is 0 Å². The number of benzene rings is 1. The minimum absolute atomic E-state index is 0.120. The minimum atomic E-state index is -0.302. The summed E-state index contributed by atoms with van der Waals surface area (Å²) in [5.41, 5.74) is 2.09. The van der Waals surface area contributed by atoms with Crippen molar-refractivity contribution < 1.29 is 9.59 Å². The fourth-order valence-corrected chi connectivity index (χ4v) is 6.15. The van der Waals surface area contributed by atoms with Crippen LogP contribution in [0.2, 0.25) is 0 Å². The zero-order chi connectivity index (χ0) is 17.7. The van der Waals surface area contributed by atoms with E-state index >= 15 is 0 Å². The standard InChI is InChI=1S/C22H28N2O2/c25-19-15-23(16-9-3-1-4-10-16)21(26)20-22(13-7-2-8-14-22)17-11-5-6-12-18(17)24(19)20/h5-6,11-12,16,20H,1-4,7-10,13-15H2. The van der Waals surface area contributed by atoms with Gasteiger partial charge < -0.3 is 4.90 Å². The Morgan fingerprint density at radius 3 is 2.35 bits per heavy atom. The Bertz CT molecular complexity index is 731. The van der Waals surface area contributed by atoms with E-state index in [1.54, 1.807) is 0 Å². The molecular formula is C22H28N2O2. The van der Waals surface area contributed by atoms with Gasteiger partial charge in [-0.1, -0.05) is 56.7 Å². The molecule has 26 heavy (non-hydrogen) atoms. The maximum atomic E-state index is 13.7. The Hall–Kier alpha value is -1.84. The lowest BCUT2D eigenvalue weighted by molar-refractivity contribution is -0.146. The molecule has 1 atom stereocenters. The zero-order valence-corrected chi connectivity index (χ0v) is 15.5. The number of anilines is 1. The molecular weight excluding hydrogens is 324 g/mol. The second kappa shape index (κ2) is 6.11. The van der Waals surface area contributed by atoms with Crippen molar-refractivity contribution in [2.45, 2.75) is 81.7 Å². The average Bonchev–Trinajstić information content (AvgIpc) is 2.97. The Balaban J connectivity index is 1.58. The summed E-state index contributed by atoms with van der Waals surface area (Å²) in [4.78, 5) is 30.8. The summed E-state index contributed by atoms with van der Waals surface area (Å²) in [6.07, 6.45) is 11.4. The van der Waals surface area contributed by atoms with Crippen molar-refractivity contribution in [3.05, 3.63) is 29.8 Å². The molecule has 1 saturated heterocycles. The van der Waals surface area contributed by atoms with Gasteiger partial charge in [-0.3, -0.25) is 14.5 Å². The molecule has 2 aliphatic heterocycles. The summed E-state index contributed by atoms with van der Waals surface area (Å²) in [6, 6.07) is 8.26. The van der Waals surface area contributed by atoms with Gasteiger partial charge in [0.1, 0.15) is 12.6 Å². The predicted octanol–water partition coefficient (Wildman–Crippen LogP) is 3.78. The van der Waals surface area contributed by atoms with Gasteiger partial charge in [0.15, 0.2) is 0 Å². The summed E-state index contributed by atoms with van der Waals surface area (Å²) in [5.74, 6) is 0.338. The van der Waals surface area contributed by atoms with Crippen molar-refractivity contribution in [3.63, 3.8) is 0 Å². The lowest BCUT2D eigenvalue weighted by Gasteiger charge is -2.47. The number of carbonyl (C=O) groups excluding carboxylic acids is 2. The third kappa shape index (κ3) is 2.20. The second-order valence-electron chi connectivity index (χ2n) is 8.66. The summed E-state index contributed by atoms with van der Waals surface area (Å²) in [6.45, 7) is 0.268. The Kier molecular flexibility index (Phi) is 3.84. The van der Waals surface area contributed by atoms with Crippen LogP contribution >= 0.6 is 0 Å². The first-order valence-corrected chi connectivity index (χ1v) is 10.4. The van der Waals surface area contributed by atoms with Gasteiger partial charge in [-0.05, 0) is 37.3 Å². The Labute approximate surface area is 155 Å². The molecule has 0 bridgehead atoms. The number of carbonyl (C=O) groups is 2. The van der Waals surface area contributed by atoms with Gasteiger partial charge in [0, 0.05) is 17.1 Å². The SMILES string of the molecule is O=C1C2N(C(=O)CN1C1CCCCC1)c1ccccc1C21CCCCC1. The van der Waals surface area contributed by atoms with Crippen molar-refractivity contribution in [1.82, 2.24) is 4.90 Å². The van der Waals surface area contributed by atoms with E-state index in [-0.39, 0.29) is 35.9 Å². The highest BCUT2D eigenvalue weighted by atomic mass is 16.2. The van der Waals surface area contributed by atoms with Crippen LogP contribution in [-0.2, 0) is 15.0 Å². The summed E-state index contributed by atoms with van der Waals surface area (Å²) < 4.78 is 0. The first-order valence-electron chi connectivity index (χ1n) is 10.4. The van der Waals surface area contributed by atoms with Crippen molar-refractivity contribution in [2.75, 3.05) is 11.4 Å². The van der Waals surface area contributed by atoms with Crippen molar-refractivity contribution in [2.24, 2.45) is 0 Å².